The van der Waals surface area contributed by atoms with Gasteiger partial charge in [-0.2, -0.15) is 20.4 Å². The van der Waals surface area contributed by atoms with Gasteiger partial charge in [-0.3, -0.25) is 20.0 Å². The number of fused-ring (bicyclic) bond motifs is 2. The van der Waals surface area contributed by atoms with Crippen molar-refractivity contribution in [2.45, 2.75) is 92.4 Å². The number of anilines is 2. The number of rotatable bonds is 16. The third-order valence-electron chi connectivity index (χ3n) is 13.2. The van der Waals surface area contributed by atoms with E-state index in [4.69, 9.17) is 19.7 Å². The zero-order valence-corrected chi connectivity index (χ0v) is 47.0. The first-order valence-electron chi connectivity index (χ1n) is 26.7. The van der Waals surface area contributed by atoms with E-state index in [0.29, 0.717) is 58.9 Å². The van der Waals surface area contributed by atoms with Gasteiger partial charge in [-0.05, 0) is 111 Å². The van der Waals surface area contributed by atoms with Crippen LogP contribution in [0.15, 0.2) is 146 Å². The van der Waals surface area contributed by atoms with E-state index in [0.717, 1.165) is 55.7 Å². The van der Waals surface area contributed by atoms with Crippen molar-refractivity contribution in [3.05, 3.63) is 191 Å². The van der Waals surface area contributed by atoms with Crippen LogP contribution in [0, 0.1) is 25.5 Å². The number of urea groups is 2. The molecule has 0 radical (unpaired) electrons. The molecule has 10 rings (SSSR count). The number of ether oxygens (including phenoxy) is 2. The molecule has 4 aromatic heterocycles. The summed E-state index contributed by atoms with van der Waals surface area (Å²) in [4.78, 5) is 26.0. The summed E-state index contributed by atoms with van der Waals surface area (Å²) in [5.74, 6) is 2.04. The molecule has 6 N–H and O–H groups in total. The molecule has 0 atom stereocenters. The minimum atomic E-state index is -0.466. The number of hydrogen-bond donors (Lipinski definition) is 6. The fourth-order valence-corrected chi connectivity index (χ4v) is 8.74. The average molecular weight is 1110 g/mol. The molecule has 0 bridgehead atoms. The average Bonchev–Trinajstić information content (AvgIpc) is 4.44. The number of amides is 4. The number of aromatic nitrogens is 8. The van der Waals surface area contributed by atoms with Crippen molar-refractivity contribution in [3.8, 4) is 34.4 Å². The van der Waals surface area contributed by atoms with Gasteiger partial charge in [0.15, 0.2) is 0 Å². The first kappa shape index (κ1) is 57.3. The highest BCUT2D eigenvalue weighted by molar-refractivity contribution is 5.89. The van der Waals surface area contributed by atoms with Crippen molar-refractivity contribution in [2.24, 2.45) is 0 Å². The predicted octanol–water partition coefficient (Wildman–Crippen LogP) is 12.1. The van der Waals surface area contributed by atoms with Gasteiger partial charge in [-0.15, -0.1) is 0 Å². The monoisotopic (exact) mass is 1110 g/mol. The molecule has 0 aliphatic carbocycles. The normalized spacial score (nSPS) is 11.6. The molecule has 4 amide bonds. The lowest BCUT2D eigenvalue weighted by Crippen LogP contribution is -2.29. The molecule has 0 aliphatic rings. The molecule has 10 aromatic rings. The lowest BCUT2D eigenvalue weighted by molar-refractivity contribution is 0.250. The Hall–Kier alpha value is -9.40. The topological polar surface area (TPSA) is 212 Å². The van der Waals surface area contributed by atoms with Crippen LogP contribution >= 0.6 is 0 Å². The standard InChI is InChI=1S/2C31H33FN6O3/c2*1-20-5-8-24(9-6-20)38-29(17-28(36-38)31(2,3)4)35-30(40)33-18-22-15-23(32)7-12-27(22)41-25-10-11-26-21(16-25)19-34-37(26)13-14-39/h2*5-12,15-17,19,39H,13-14,18H2,1-4H3,(H2,33,35,40). The Morgan fingerprint density at radius 2 is 0.915 bits per heavy atom. The Kier molecular flexibility index (Phi) is 17.1. The molecule has 424 valence electrons. The number of benzene rings is 6. The maximum Gasteiger partial charge on any atom is 0.320 e. The van der Waals surface area contributed by atoms with Gasteiger partial charge in [0, 0.05) is 58.0 Å². The molecule has 0 fully saturated rings. The summed E-state index contributed by atoms with van der Waals surface area (Å²) in [6.07, 6.45) is 3.39. The Morgan fingerprint density at radius 3 is 1.28 bits per heavy atom. The number of carbonyl (C=O) groups excluding carboxylic acids is 2. The van der Waals surface area contributed by atoms with Crippen molar-refractivity contribution >= 4 is 45.5 Å². The van der Waals surface area contributed by atoms with Crippen molar-refractivity contribution in [2.75, 3.05) is 23.8 Å². The maximum absolute atomic E-state index is 14.2. The molecule has 20 heteroatoms. The van der Waals surface area contributed by atoms with E-state index in [2.05, 4.69) is 73.0 Å². The van der Waals surface area contributed by atoms with Gasteiger partial charge in [-0.1, -0.05) is 76.9 Å². The van der Waals surface area contributed by atoms with Crippen LogP contribution in [-0.4, -0.2) is 74.6 Å². The molecule has 0 spiro atoms. The van der Waals surface area contributed by atoms with Crippen molar-refractivity contribution in [3.63, 3.8) is 0 Å². The van der Waals surface area contributed by atoms with E-state index in [1.54, 1.807) is 43.3 Å². The lowest BCUT2D eigenvalue weighted by atomic mass is 9.92. The summed E-state index contributed by atoms with van der Waals surface area (Å²) in [6.45, 7) is 17.2. The SMILES string of the molecule is Cc1ccc(-n2nc(C(C)(C)C)cc2NC(=O)NCc2cc(F)ccc2Oc2ccc3c(cnn3CCO)c2)cc1.Cc1ccc(-n2nc(C(C)(C)C)cc2NC(=O)NCc2cc(F)ccc2Oc2ccc3c(cnn3CCO)c2)cc1. The zero-order chi connectivity index (χ0) is 58.3. The number of nitrogens with one attached hydrogen (secondary N) is 4. The predicted molar refractivity (Wildman–Crippen MR) is 312 cm³/mol. The second-order valence-electron chi connectivity index (χ2n) is 21.8. The number of nitrogens with zero attached hydrogens (tertiary/aromatic N) is 8. The molecule has 4 heterocycles. The van der Waals surface area contributed by atoms with E-state index in [-0.39, 0.29) is 37.1 Å². The van der Waals surface area contributed by atoms with Gasteiger partial charge in [0.05, 0.1) is 72.5 Å². The van der Waals surface area contributed by atoms with Gasteiger partial charge in [-0.25, -0.2) is 27.7 Å². The minimum Gasteiger partial charge on any atom is -0.457 e. The quantitative estimate of drug-likeness (QED) is 0.0539. The third kappa shape index (κ3) is 13.9. The highest BCUT2D eigenvalue weighted by Gasteiger charge is 2.24. The molecule has 0 aliphatic heterocycles. The van der Waals surface area contributed by atoms with Crippen LogP contribution in [0.25, 0.3) is 33.2 Å². The number of aliphatic hydroxyl groups excluding tert-OH is 2. The second kappa shape index (κ2) is 24.5. The van der Waals surface area contributed by atoms with Gasteiger partial charge in [0.25, 0.3) is 0 Å². The summed E-state index contributed by atoms with van der Waals surface area (Å²) in [5.41, 5.74) is 7.75. The van der Waals surface area contributed by atoms with Gasteiger partial charge in [0.1, 0.15) is 46.3 Å². The number of aryl methyl sites for hydroxylation is 2. The molecule has 0 saturated heterocycles. The highest BCUT2D eigenvalue weighted by atomic mass is 19.1. The number of aliphatic hydroxyl groups is 2. The van der Waals surface area contributed by atoms with Crippen LogP contribution < -0.4 is 30.7 Å². The smallest absolute Gasteiger partial charge is 0.320 e. The summed E-state index contributed by atoms with van der Waals surface area (Å²) >= 11 is 0. The Balaban J connectivity index is 0.000000198. The molecular formula is C62H66F2N12O6. The fraction of sp³-hybridized carbons (Fsp3) is 0.258. The lowest BCUT2D eigenvalue weighted by Gasteiger charge is -2.14. The third-order valence-corrected chi connectivity index (χ3v) is 13.2. The van der Waals surface area contributed by atoms with Crippen LogP contribution in [0.5, 0.6) is 23.0 Å². The zero-order valence-electron chi connectivity index (χ0n) is 47.0. The fourth-order valence-electron chi connectivity index (χ4n) is 8.74. The van der Waals surface area contributed by atoms with E-state index < -0.39 is 23.7 Å². The van der Waals surface area contributed by atoms with Crippen LogP contribution in [-0.2, 0) is 37.0 Å². The summed E-state index contributed by atoms with van der Waals surface area (Å²) < 4.78 is 47.4. The largest absolute Gasteiger partial charge is 0.457 e. The van der Waals surface area contributed by atoms with Gasteiger partial charge in [0.2, 0.25) is 0 Å². The van der Waals surface area contributed by atoms with Crippen molar-refractivity contribution in [1.82, 2.24) is 49.8 Å². The molecule has 82 heavy (non-hydrogen) atoms. The first-order valence-corrected chi connectivity index (χ1v) is 26.7. The highest BCUT2D eigenvalue weighted by Crippen LogP contribution is 2.33. The summed E-state index contributed by atoms with van der Waals surface area (Å²) in [6, 6.07) is 37.8. The minimum absolute atomic E-state index is 0.0133. The molecule has 0 saturated carbocycles. The van der Waals surface area contributed by atoms with E-state index in [9.17, 15) is 28.6 Å². The van der Waals surface area contributed by atoms with Crippen molar-refractivity contribution < 1.29 is 38.1 Å². The molecule has 18 nitrogen and oxygen atoms in total. The van der Waals surface area contributed by atoms with E-state index >= 15 is 0 Å². The van der Waals surface area contributed by atoms with Gasteiger partial charge >= 0.3 is 12.1 Å². The molecule has 6 aromatic carbocycles. The van der Waals surface area contributed by atoms with E-state index in [1.807, 2.05) is 98.8 Å². The molecular weight excluding hydrogens is 1050 g/mol. The number of halogens is 2. The van der Waals surface area contributed by atoms with Crippen LogP contribution in [0.2, 0.25) is 0 Å². The summed E-state index contributed by atoms with van der Waals surface area (Å²) in [7, 11) is 0. The Morgan fingerprint density at radius 1 is 0.524 bits per heavy atom. The van der Waals surface area contributed by atoms with Crippen molar-refractivity contribution in [1.29, 1.82) is 0 Å². The number of hydrogen-bond acceptors (Lipinski definition) is 10. The number of carbonyl (C=O) groups is 2. The molecule has 0 unspecified atom stereocenters. The second-order valence-corrected chi connectivity index (χ2v) is 21.8. The Labute approximate surface area is 473 Å². The van der Waals surface area contributed by atoms with E-state index in [1.165, 1.54) is 36.4 Å². The Bertz CT molecular complexity index is 3620. The first-order chi connectivity index (χ1) is 39.2. The van der Waals surface area contributed by atoms with Crippen LogP contribution in [0.1, 0.15) is 75.2 Å². The maximum atomic E-state index is 14.2. The van der Waals surface area contributed by atoms with Crippen LogP contribution in [0.3, 0.4) is 0 Å². The summed E-state index contributed by atoms with van der Waals surface area (Å²) in [5, 5.41) is 49.6. The van der Waals surface area contributed by atoms with Gasteiger partial charge < -0.3 is 30.3 Å². The van der Waals surface area contributed by atoms with Crippen LogP contribution in [0.4, 0.5) is 30.0 Å².